The maximum absolute atomic E-state index is 13.0. The van der Waals surface area contributed by atoms with Gasteiger partial charge in [-0.05, 0) is 43.0 Å². The number of thiazole rings is 1. The number of nitrogens with zero attached hydrogens (tertiary/aromatic N) is 2. The van der Waals surface area contributed by atoms with Crippen LogP contribution in [0, 0.1) is 0 Å². The van der Waals surface area contributed by atoms with Crippen LogP contribution < -0.4 is 14.3 Å². The molecule has 1 aromatic heterocycles. The summed E-state index contributed by atoms with van der Waals surface area (Å²) in [6.07, 6.45) is 0. The molecule has 0 spiro atoms. The van der Waals surface area contributed by atoms with Crippen LogP contribution in [-0.2, 0) is 11.3 Å². The van der Waals surface area contributed by atoms with Crippen LogP contribution in [-0.4, -0.2) is 43.7 Å². The second-order valence-electron chi connectivity index (χ2n) is 6.26. The summed E-state index contributed by atoms with van der Waals surface area (Å²) in [6, 6.07) is 11.3. The molecule has 0 saturated carbocycles. The first kappa shape index (κ1) is 22.4. The molecule has 1 amide bonds. The molecule has 0 saturated heterocycles. The summed E-state index contributed by atoms with van der Waals surface area (Å²) in [5, 5.41) is 0. The number of carbonyl (C=O) groups is 1. The van der Waals surface area contributed by atoms with E-state index in [-0.39, 0.29) is 5.91 Å². The second-order valence-corrected chi connectivity index (χ2v) is 8.57. The Balaban J connectivity index is 2.14. The van der Waals surface area contributed by atoms with Gasteiger partial charge in [0.1, 0.15) is 21.7 Å². The molecule has 160 valence electrons. The Kier molecular flexibility index (Phi) is 7.95. The van der Waals surface area contributed by atoms with Crippen molar-refractivity contribution in [2.45, 2.75) is 25.3 Å². The maximum Gasteiger partial charge on any atom is 0.279 e. The second kappa shape index (κ2) is 10.7. The van der Waals surface area contributed by atoms with Crippen molar-refractivity contribution in [3.8, 4) is 11.5 Å². The molecule has 0 radical (unpaired) electrons. The number of rotatable bonds is 9. The zero-order chi connectivity index (χ0) is 21.5. The van der Waals surface area contributed by atoms with Crippen molar-refractivity contribution in [3.63, 3.8) is 0 Å². The molecule has 0 bridgehead atoms. The molecular formula is C22H26N2O4S2. The van der Waals surface area contributed by atoms with Crippen LogP contribution in [0.15, 0.2) is 46.3 Å². The fraction of sp³-hybridized carbons (Fsp3) is 0.364. The summed E-state index contributed by atoms with van der Waals surface area (Å²) in [6.45, 7) is 5.72. The van der Waals surface area contributed by atoms with Gasteiger partial charge in [-0.3, -0.25) is 4.79 Å². The lowest BCUT2D eigenvalue weighted by Crippen LogP contribution is -2.20. The van der Waals surface area contributed by atoms with Gasteiger partial charge in [-0.15, -0.1) is 11.8 Å². The van der Waals surface area contributed by atoms with Crippen molar-refractivity contribution in [1.29, 1.82) is 0 Å². The lowest BCUT2D eigenvalue weighted by Gasteiger charge is -2.10. The number of thioether (sulfide) groups is 1. The highest BCUT2D eigenvalue weighted by molar-refractivity contribution is 7.99. The van der Waals surface area contributed by atoms with Crippen molar-refractivity contribution in [2.24, 2.45) is 4.99 Å². The van der Waals surface area contributed by atoms with Crippen molar-refractivity contribution < 1.29 is 19.0 Å². The Hall–Kier alpha value is -2.29. The number of hydrogen-bond acceptors (Lipinski definition) is 6. The summed E-state index contributed by atoms with van der Waals surface area (Å²) in [5.41, 5.74) is 1.42. The first-order valence-electron chi connectivity index (χ1n) is 9.76. The van der Waals surface area contributed by atoms with E-state index in [1.807, 2.05) is 41.8 Å². The standard InChI is InChI=1S/C22H26N2O4S2/c1-5-28-13-12-24-19-17(26-3)10-11-18(27-4)20(19)30-22(24)23-21(25)15-8-7-9-16(14-15)29-6-2/h7-11,14H,5-6,12-13H2,1-4H3. The smallest absolute Gasteiger partial charge is 0.279 e. The molecule has 0 N–H and O–H groups in total. The van der Waals surface area contributed by atoms with E-state index in [9.17, 15) is 4.79 Å². The third-order valence-electron chi connectivity index (χ3n) is 4.44. The molecule has 8 heteroatoms. The van der Waals surface area contributed by atoms with Crippen LogP contribution in [0.2, 0.25) is 0 Å². The Morgan fingerprint density at radius 2 is 1.90 bits per heavy atom. The van der Waals surface area contributed by atoms with E-state index in [0.29, 0.717) is 35.9 Å². The summed E-state index contributed by atoms with van der Waals surface area (Å²) in [5.74, 6) is 2.09. The van der Waals surface area contributed by atoms with Crippen LogP contribution in [0.1, 0.15) is 24.2 Å². The number of fused-ring (bicyclic) bond motifs is 1. The Morgan fingerprint density at radius 3 is 2.60 bits per heavy atom. The van der Waals surface area contributed by atoms with Crippen LogP contribution in [0.5, 0.6) is 11.5 Å². The first-order chi connectivity index (χ1) is 14.6. The molecule has 0 fully saturated rings. The Morgan fingerprint density at radius 1 is 1.13 bits per heavy atom. The average Bonchev–Trinajstić information content (AvgIpc) is 3.12. The van der Waals surface area contributed by atoms with E-state index in [4.69, 9.17) is 14.2 Å². The number of hydrogen-bond donors (Lipinski definition) is 0. The molecule has 0 unspecified atom stereocenters. The molecule has 0 aliphatic rings. The quantitative estimate of drug-likeness (QED) is 0.355. The summed E-state index contributed by atoms with van der Waals surface area (Å²) in [7, 11) is 3.26. The molecule has 30 heavy (non-hydrogen) atoms. The normalized spacial score (nSPS) is 11.8. The van der Waals surface area contributed by atoms with Gasteiger partial charge in [0, 0.05) is 23.6 Å². The highest BCUT2D eigenvalue weighted by Gasteiger charge is 2.17. The Bertz CT molecular complexity index is 1090. The van der Waals surface area contributed by atoms with Gasteiger partial charge in [0.25, 0.3) is 5.91 Å². The monoisotopic (exact) mass is 446 g/mol. The predicted molar refractivity (Wildman–Crippen MR) is 122 cm³/mol. The van der Waals surface area contributed by atoms with E-state index >= 15 is 0 Å². The minimum atomic E-state index is -0.275. The molecule has 3 rings (SSSR count). The zero-order valence-corrected chi connectivity index (χ0v) is 19.3. The number of methoxy groups -OCH3 is 2. The largest absolute Gasteiger partial charge is 0.495 e. The van der Waals surface area contributed by atoms with Gasteiger partial charge < -0.3 is 18.8 Å². The fourth-order valence-electron chi connectivity index (χ4n) is 3.08. The number of carbonyl (C=O) groups excluding carboxylic acids is 1. The van der Waals surface area contributed by atoms with E-state index < -0.39 is 0 Å². The van der Waals surface area contributed by atoms with Gasteiger partial charge in [0.2, 0.25) is 0 Å². The number of ether oxygens (including phenoxy) is 3. The van der Waals surface area contributed by atoms with Crippen LogP contribution >= 0.6 is 23.1 Å². The van der Waals surface area contributed by atoms with Crippen molar-refractivity contribution >= 4 is 39.2 Å². The van der Waals surface area contributed by atoms with Crippen molar-refractivity contribution in [3.05, 3.63) is 46.8 Å². The number of aromatic nitrogens is 1. The first-order valence-corrected chi connectivity index (χ1v) is 11.6. The molecule has 0 aliphatic heterocycles. The lowest BCUT2D eigenvalue weighted by molar-refractivity contribution is 0.0996. The van der Waals surface area contributed by atoms with E-state index in [0.717, 1.165) is 26.6 Å². The van der Waals surface area contributed by atoms with Gasteiger partial charge in [-0.1, -0.05) is 24.3 Å². The number of benzene rings is 2. The third-order valence-corrected chi connectivity index (χ3v) is 6.41. The molecular weight excluding hydrogens is 420 g/mol. The van der Waals surface area contributed by atoms with E-state index in [1.54, 1.807) is 32.0 Å². The Labute approximate surface area is 184 Å². The van der Waals surface area contributed by atoms with Gasteiger partial charge in [-0.25, -0.2) is 0 Å². The lowest BCUT2D eigenvalue weighted by atomic mass is 10.2. The third kappa shape index (κ3) is 4.88. The van der Waals surface area contributed by atoms with Gasteiger partial charge in [-0.2, -0.15) is 4.99 Å². The van der Waals surface area contributed by atoms with Crippen LogP contribution in [0.3, 0.4) is 0 Å². The highest BCUT2D eigenvalue weighted by Crippen LogP contribution is 2.35. The number of amides is 1. The average molecular weight is 447 g/mol. The van der Waals surface area contributed by atoms with E-state index in [2.05, 4.69) is 11.9 Å². The van der Waals surface area contributed by atoms with Crippen LogP contribution in [0.25, 0.3) is 10.2 Å². The van der Waals surface area contributed by atoms with Gasteiger partial charge in [0.15, 0.2) is 4.80 Å². The maximum atomic E-state index is 13.0. The molecule has 0 aliphatic carbocycles. The predicted octanol–water partition coefficient (Wildman–Crippen LogP) is 4.61. The summed E-state index contributed by atoms with van der Waals surface area (Å²) < 4.78 is 19.5. The zero-order valence-electron chi connectivity index (χ0n) is 17.6. The van der Waals surface area contributed by atoms with E-state index in [1.165, 1.54) is 11.3 Å². The van der Waals surface area contributed by atoms with Crippen LogP contribution in [0.4, 0.5) is 0 Å². The summed E-state index contributed by atoms with van der Waals surface area (Å²) in [4.78, 5) is 19.1. The minimum absolute atomic E-state index is 0.275. The molecule has 6 nitrogen and oxygen atoms in total. The van der Waals surface area contributed by atoms with Gasteiger partial charge in [0.05, 0.1) is 20.8 Å². The topological polar surface area (TPSA) is 62.1 Å². The molecule has 0 atom stereocenters. The fourth-order valence-corrected chi connectivity index (χ4v) is 4.97. The molecule has 1 heterocycles. The highest BCUT2D eigenvalue weighted by atomic mass is 32.2. The molecule has 3 aromatic rings. The summed E-state index contributed by atoms with van der Waals surface area (Å²) >= 11 is 3.11. The van der Waals surface area contributed by atoms with Gasteiger partial charge >= 0.3 is 0 Å². The minimum Gasteiger partial charge on any atom is -0.495 e. The van der Waals surface area contributed by atoms with Crippen molar-refractivity contribution in [1.82, 2.24) is 4.57 Å². The SMILES string of the molecule is CCOCCn1c(=NC(=O)c2cccc(SCC)c2)sc2c(OC)ccc(OC)c21. The van der Waals surface area contributed by atoms with Crippen molar-refractivity contribution in [2.75, 3.05) is 33.2 Å². The molecule has 2 aromatic carbocycles.